The first kappa shape index (κ1) is 17.9. The molecule has 3 aromatic rings. The first-order chi connectivity index (χ1) is 11.9. The number of anilines is 1. The van der Waals surface area contributed by atoms with Gasteiger partial charge in [0.25, 0.3) is 10.0 Å². The number of sulfonamides is 1. The Kier molecular flexibility index (Phi) is 5.14. The minimum atomic E-state index is -3.93. The molecule has 0 spiro atoms. The number of hydrogen-bond acceptors (Lipinski definition) is 6. The predicted octanol–water partition coefficient (Wildman–Crippen LogP) is 4.32. The zero-order valence-corrected chi connectivity index (χ0v) is 15.9. The fourth-order valence-electron chi connectivity index (χ4n) is 2.00. The average Bonchev–Trinajstić information content (AvgIpc) is 3.03. The van der Waals surface area contributed by atoms with Gasteiger partial charge in [-0.05, 0) is 30.3 Å². The van der Waals surface area contributed by atoms with Gasteiger partial charge in [-0.3, -0.25) is 4.72 Å². The summed E-state index contributed by atoms with van der Waals surface area (Å²) in [6.07, 6.45) is 0. The maximum absolute atomic E-state index is 12.6. The standard InChI is InChI=1S/C15H11Cl2N3O3S2/c1-23-12-7-6-11(17)8-13(12)25(21,22)20-15-19-18-14(24-15)9-2-4-10(16)5-3-9/h2-8H,1H3,(H,19,20). The summed E-state index contributed by atoms with van der Waals surface area (Å²) < 4.78 is 32.7. The second-order valence-electron chi connectivity index (χ2n) is 4.82. The van der Waals surface area contributed by atoms with Crippen molar-refractivity contribution in [3.63, 3.8) is 0 Å². The van der Waals surface area contributed by atoms with Gasteiger partial charge in [0.05, 0.1) is 7.11 Å². The number of ether oxygens (including phenoxy) is 1. The first-order valence-electron chi connectivity index (χ1n) is 6.85. The lowest BCUT2D eigenvalue weighted by Gasteiger charge is -2.09. The van der Waals surface area contributed by atoms with Gasteiger partial charge in [-0.2, -0.15) is 0 Å². The van der Waals surface area contributed by atoms with Crippen LogP contribution in [0.4, 0.5) is 5.13 Å². The van der Waals surface area contributed by atoms with E-state index in [1.54, 1.807) is 30.3 Å². The van der Waals surface area contributed by atoms with E-state index in [0.717, 1.165) is 16.9 Å². The minimum Gasteiger partial charge on any atom is -0.495 e. The van der Waals surface area contributed by atoms with Gasteiger partial charge in [-0.25, -0.2) is 8.42 Å². The van der Waals surface area contributed by atoms with Gasteiger partial charge in [-0.15, -0.1) is 10.2 Å². The lowest BCUT2D eigenvalue weighted by molar-refractivity contribution is 0.403. The molecular formula is C15H11Cl2N3O3S2. The van der Waals surface area contributed by atoms with Crippen molar-refractivity contribution in [2.24, 2.45) is 0 Å². The monoisotopic (exact) mass is 415 g/mol. The number of methoxy groups -OCH3 is 1. The van der Waals surface area contributed by atoms with E-state index in [2.05, 4.69) is 14.9 Å². The third-order valence-corrected chi connectivity index (χ3v) is 6.02. The highest BCUT2D eigenvalue weighted by molar-refractivity contribution is 7.93. The molecule has 3 rings (SSSR count). The second kappa shape index (κ2) is 7.17. The van der Waals surface area contributed by atoms with Gasteiger partial charge in [0, 0.05) is 15.6 Å². The fraction of sp³-hybridized carbons (Fsp3) is 0.0667. The van der Waals surface area contributed by atoms with Gasteiger partial charge in [-0.1, -0.05) is 46.7 Å². The summed E-state index contributed by atoms with van der Waals surface area (Å²) in [5, 5.41) is 9.44. The summed E-state index contributed by atoms with van der Waals surface area (Å²) in [7, 11) is -2.55. The van der Waals surface area contributed by atoms with Crippen molar-refractivity contribution in [2.75, 3.05) is 11.8 Å². The van der Waals surface area contributed by atoms with Crippen LogP contribution in [0.5, 0.6) is 5.75 Å². The summed E-state index contributed by atoms with van der Waals surface area (Å²) in [5.74, 6) is 0.180. The van der Waals surface area contributed by atoms with E-state index in [4.69, 9.17) is 27.9 Å². The Hall–Kier alpha value is -1.87. The van der Waals surface area contributed by atoms with Gasteiger partial charge in [0.1, 0.15) is 15.7 Å². The van der Waals surface area contributed by atoms with Crippen LogP contribution in [0.15, 0.2) is 47.4 Å². The number of halogens is 2. The Bertz CT molecular complexity index is 1010. The number of hydrogen-bond donors (Lipinski definition) is 1. The smallest absolute Gasteiger partial charge is 0.267 e. The Morgan fingerprint density at radius 1 is 1.04 bits per heavy atom. The van der Waals surface area contributed by atoms with Crippen molar-refractivity contribution in [1.29, 1.82) is 0 Å². The summed E-state index contributed by atoms with van der Waals surface area (Å²) in [4.78, 5) is -0.0780. The molecule has 0 aliphatic heterocycles. The zero-order chi connectivity index (χ0) is 18.0. The lowest BCUT2D eigenvalue weighted by Crippen LogP contribution is -2.14. The Morgan fingerprint density at radius 2 is 1.72 bits per heavy atom. The van der Waals surface area contributed by atoms with Crippen molar-refractivity contribution >= 4 is 49.7 Å². The van der Waals surface area contributed by atoms with Crippen LogP contribution in [0, 0.1) is 0 Å². The third-order valence-electron chi connectivity index (χ3n) is 3.15. The van der Waals surface area contributed by atoms with Crippen LogP contribution in [-0.4, -0.2) is 25.7 Å². The summed E-state index contributed by atoms with van der Waals surface area (Å²) >= 11 is 12.9. The molecule has 0 saturated heterocycles. The second-order valence-corrected chi connectivity index (χ2v) is 8.32. The summed E-state index contributed by atoms with van der Waals surface area (Å²) in [6, 6.07) is 11.3. The summed E-state index contributed by atoms with van der Waals surface area (Å²) in [5.41, 5.74) is 0.785. The largest absolute Gasteiger partial charge is 0.495 e. The molecule has 6 nitrogen and oxygen atoms in total. The molecule has 1 N–H and O–H groups in total. The summed E-state index contributed by atoms with van der Waals surface area (Å²) in [6.45, 7) is 0. The molecule has 0 aliphatic rings. The Labute approximate surface area is 158 Å². The molecule has 1 heterocycles. The molecule has 130 valence electrons. The molecule has 0 bridgehead atoms. The number of nitrogens with one attached hydrogen (secondary N) is 1. The third kappa shape index (κ3) is 4.04. The topological polar surface area (TPSA) is 81.2 Å². The Balaban J connectivity index is 1.90. The van der Waals surface area contributed by atoms with Crippen LogP contribution in [0.2, 0.25) is 10.0 Å². The van der Waals surface area contributed by atoms with E-state index in [1.165, 1.54) is 19.2 Å². The normalized spacial score (nSPS) is 11.3. The number of rotatable bonds is 5. The average molecular weight is 416 g/mol. The highest BCUT2D eigenvalue weighted by atomic mass is 35.5. The van der Waals surface area contributed by atoms with Crippen LogP contribution in [0.25, 0.3) is 10.6 Å². The molecule has 0 atom stereocenters. The molecule has 2 aromatic carbocycles. The lowest BCUT2D eigenvalue weighted by atomic mass is 10.2. The molecule has 10 heteroatoms. The van der Waals surface area contributed by atoms with Crippen molar-refractivity contribution in [2.45, 2.75) is 4.90 Å². The highest BCUT2D eigenvalue weighted by Gasteiger charge is 2.22. The molecule has 0 radical (unpaired) electrons. The fourth-order valence-corrected chi connectivity index (χ4v) is 4.54. The van der Waals surface area contributed by atoms with E-state index >= 15 is 0 Å². The predicted molar refractivity (Wildman–Crippen MR) is 99.2 cm³/mol. The molecule has 0 aliphatic carbocycles. The SMILES string of the molecule is COc1ccc(Cl)cc1S(=O)(=O)Nc1nnc(-c2ccc(Cl)cc2)s1. The van der Waals surface area contributed by atoms with E-state index < -0.39 is 10.0 Å². The molecular weight excluding hydrogens is 405 g/mol. The molecule has 25 heavy (non-hydrogen) atoms. The first-order valence-corrected chi connectivity index (χ1v) is 9.90. The minimum absolute atomic E-state index is 0.0780. The van der Waals surface area contributed by atoms with E-state index in [1.807, 2.05) is 0 Å². The van der Waals surface area contributed by atoms with Gasteiger partial charge < -0.3 is 4.74 Å². The van der Waals surface area contributed by atoms with Crippen molar-refractivity contribution in [1.82, 2.24) is 10.2 Å². The number of benzene rings is 2. The van der Waals surface area contributed by atoms with Crippen molar-refractivity contribution in [3.05, 3.63) is 52.5 Å². The molecule has 0 unspecified atom stereocenters. The molecule has 0 saturated carbocycles. The Morgan fingerprint density at radius 3 is 2.40 bits per heavy atom. The molecule has 1 aromatic heterocycles. The van der Waals surface area contributed by atoms with E-state index in [9.17, 15) is 8.42 Å². The van der Waals surface area contributed by atoms with Gasteiger partial charge in [0.2, 0.25) is 5.13 Å². The maximum Gasteiger partial charge on any atom is 0.267 e. The van der Waals surface area contributed by atoms with Crippen LogP contribution in [0.1, 0.15) is 0 Å². The van der Waals surface area contributed by atoms with Gasteiger partial charge >= 0.3 is 0 Å². The highest BCUT2D eigenvalue weighted by Crippen LogP contribution is 2.31. The van der Waals surface area contributed by atoms with Crippen molar-refractivity contribution < 1.29 is 13.2 Å². The number of nitrogens with zero attached hydrogens (tertiary/aromatic N) is 2. The van der Waals surface area contributed by atoms with E-state index in [0.29, 0.717) is 10.0 Å². The van der Waals surface area contributed by atoms with Crippen LogP contribution in [-0.2, 0) is 10.0 Å². The number of aromatic nitrogens is 2. The van der Waals surface area contributed by atoms with Crippen molar-refractivity contribution in [3.8, 4) is 16.3 Å². The van der Waals surface area contributed by atoms with Crippen LogP contribution >= 0.6 is 34.5 Å². The van der Waals surface area contributed by atoms with Crippen LogP contribution in [0.3, 0.4) is 0 Å². The van der Waals surface area contributed by atoms with E-state index in [-0.39, 0.29) is 20.8 Å². The molecule has 0 amide bonds. The maximum atomic E-state index is 12.6. The quantitative estimate of drug-likeness (QED) is 0.670. The molecule has 0 fully saturated rings. The zero-order valence-electron chi connectivity index (χ0n) is 12.7. The van der Waals surface area contributed by atoms with Crippen LogP contribution < -0.4 is 9.46 Å². The van der Waals surface area contributed by atoms with Gasteiger partial charge in [0.15, 0.2) is 0 Å².